The van der Waals surface area contributed by atoms with Gasteiger partial charge in [0.15, 0.2) is 0 Å². The molecule has 124 valence electrons. The fourth-order valence-electron chi connectivity index (χ4n) is 2.17. The van der Waals surface area contributed by atoms with Crippen molar-refractivity contribution in [1.82, 2.24) is 4.72 Å². The third kappa shape index (κ3) is 4.47. The van der Waals surface area contributed by atoms with Crippen molar-refractivity contribution in [3.63, 3.8) is 0 Å². The summed E-state index contributed by atoms with van der Waals surface area (Å²) in [6.07, 6.45) is 0. The van der Waals surface area contributed by atoms with Crippen LogP contribution in [0.15, 0.2) is 41.3 Å². The van der Waals surface area contributed by atoms with Crippen LogP contribution >= 0.6 is 11.6 Å². The SMILES string of the molecule is Cc1cc(C)c(OCCNS(=O)(=O)c2ccccc2Cl)cc1C. The minimum Gasteiger partial charge on any atom is -0.492 e. The van der Waals surface area contributed by atoms with Crippen LogP contribution in [0.25, 0.3) is 0 Å². The maximum Gasteiger partial charge on any atom is 0.242 e. The van der Waals surface area contributed by atoms with Crippen LogP contribution in [0.2, 0.25) is 5.02 Å². The van der Waals surface area contributed by atoms with E-state index < -0.39 is 10.0 Å². The zero-order chi connectivity index (χ0) is 17.0. The standard InChI is InChI=1S/C17H20ClNO3S/c1-12-10-14(3)16(11-13(12)2)22-9-8-19-23(20,21)17-7-5-4-6-15(17)18/h4-7,10-11,19H,8-9H2,1-3H3. The molecule has 0 heterocycles. The van der Waals surface area contributed by atoms with Crippen molar-refractivity contribution in [2.45, 2.75) is 25.7 Å². The molecule has 0 radical (unpaired) electrons. The first kappa shape index (κ1) is 17.8. The summed E-state index contributed by atoms with van der Waals surface area (Å²) < 4.78 is 32.5. The minimum atomic E-state index is -3.63. The largest absolute Gasteiger partial charge is 0.492 e. The van der Waals surface area contributed by atoms with E-state index >= 15 is 0 Å². The van der Waals surface area contributed by atoms with E-state index in [9.17, 15) is 8.42 Å². The summed E-state index contributed by atoms with van der Waals surface area (Å²) in [6, 6.07) is 10.4. The molecule has 0 spiro atoms. The number of hydrogen-bond acceptors (Lipinski definition) is 3. The molecular formula is C17H20ClNO3S. The van der Waals surface area contributed by atoms with Gasteiger partial charge in [0.1, 0.15) is 17.3 Å². The molecule has 0 saturated carbocycles. The van der Waals surface area contributed by atoms with Gasteiger partial charge in [-0.2, -0.15) is 0 Å². The molecule has 23 heavy (non-hydrogen) atoms. The molecule has 2 aromatic rings. The smallest absolute Gasteiger partial charge is 0.242 e. The Labute approximate surface area is 142 Å². The van der Waals surface area contributed by atoms with Crippen molar-refractivity contribution < 1.29 is 13.2 Å². The second-order valence-electron chi connectivity index (χ2n) is 5.38. The monoisotopic (exact) mass is 353 g/mol. The molecule has 0 aromatic heterocycles. The summed E-state index contributed by atoms with van der Waals surface area (Å²) in [5.74, 6) is 0.769. The van der Waals surface area contributed by atoms with Gasteiger partial charge in [-0.3, -0.25) is 0 Å². The molecular weight excluding hydrogens is 334 g/mol. The first-order valence-electron chi connectivity index (χ1n) is 7.26. The molecule has 0 fully saturated rings. The molecule has 2 rings (SSSR count). The third-order valence-corrected chi connectivity index (χ3v) is 5.53. The molecule has 4 nitrogen and oxygen atoms in total. The average molecular weight is 354 g/mol. The summed E-state index contributed by atoms with van der Waals surface area (Å²) in [4.78, 5) is 0.0732. The van der Waals surface area contributed by atoms with E-state index in [0.717, 1.165) is 16.9 Å². The number of aryl methyl sites for hydroxylation is 3. The van der Waals surface area contributed by atoms with E-state index in [1.54, 1.807) is 18.2 Å². The highest BCUT2D eigenvalue weighted by Crippen LogP contribution is 2.22. The Morgan fingerprint density at radius 3 is 2.39 bits per heavy atom. The second kappa shape index (κ2) is 7.34. The minimum absolute atomic E-state index is 0.0732. The lowest BCUT2D eigenvalue weighted by Crippen LogP contribution is -2.28. The molecule has 1 N–H and O–H groups in total. The maximum atomic E-state index is 12.2. The Kier molecular flexibility index (Phi) is 5.68. The van der Waals surface area contributed by atoms with Gasteiger partial charge in [-0.1, -0.05) is 29.8 Å². The summed E-state index contributed by atoms with van der Waals surface area (Å²) >= 11 is 5.92. The van der Waals surface area contributed by atoms with Crippen molar-refractivity contribution >= 4 is 21.6 Å². The van der Waals surface area contributed by atoms with Gasteiger partial charge in [-0.15, -0.1) is 0 Å². The molecule has 0 aliphatic heterocycles. The van der Waals surface area contributed by atoms with Crippen LogP contribution in [-0.4, -0.2) is 21.6 Å². The van der Waals surface area contributed by atoms with Crippen LogP contribution in [0.1, 0.15) is 16.7 Å². The topological polar surface area (TPSA) is 55.4 Å². The zero-order valence-electron chi connectivity index (χ0n) is 13.4. The molecule has 0 aliphatic rings. The normalized spacial score (nSPS) is 11.5. The van der Waals surface area contributed by atoms with E-state index in [1.807, 2.05) is 26.8 Å². The van der Waals surface area contributed by atoms with E-state index in [0.29, 0.717) is 0 Å². The number of benzene rings is 2. The first-order chi connectivity index (χ1) is 10.8. The molecule has 2 aromatic carbocycles. The number of halogens is 1. The Balaban J connectivity index is 1.96. The van der Waals surface area contributed by atoms with E-state index in [2.05, 4.69) is 10.8 Å². The molecule has 0 unspecified atom stereocenters. The second-order valence-corrected chi connectivity index (χ2v) is 7.52. The van der Waals surface area contributed by atoms with Gasteiger partial charge < -0.3 is 4.74 Å². The van der Waals surface area contributed by atoms with Crippen LogP contribution in [0, 0.1) is 20.8 Å². The third-order valence-electron chi connectivity index (χ3n) is 3.57. The van der Waals surface area contributed by atoms with Crippen molar-refractivity contribution in [3.8, 4) is 5.75 Å². The number of ether oxygens (including phenoxy) is 1. The van der Waals surface area contributed by atoms with Crippen molar-refractivity contribution in [2.24, 2.45) is 0 Å². The molecule has 0 atom stereocenters. The van der Waals surface area contributed by atoms with Gasteiger partial charge in [0.05, 0.1) is 5.02 Å². The lowest BCUT2D eigenvalue weighted by atomic mass is 10.1. The number of hydrogen-bond donors (Lipinski definition) is 1. The summed E-state index contributed by atoms with van der Waals surface area (Å²) in [5, 5.41) is 0.200. The lowest BCUT2D eigenvalue weighted by molar-refractivity contribution is 0.320. The summed E-state index contributed by atoms with van der Waals surface area (Å²) in [7, 11) is -3.63. The molecule has 0 saturated heterocycles. The van der Waals surface area contributed by atoms with Crippen LogP contribution in [0.3, 0.4) is 0 Å². The zero-order valence-corrected chi connectivity index (χ0v) is 15.0. The predicted molar refractivity (Wildman–Crippen MR) is 92.8 cm³/mol. The van der Waals surface area contributed by atoms with Crippen molar-refractivity contribution in [1.29, 1.82) is 0 Å². The Morgan fingerprint density at radius 1 is 1.04 bits per heavy atom. The highest BCUT2D eigenvalue weighted by molar-refractivity contribution is 7.89. The average Bonchev–Trinajstić information content (AvgIpc) is 2.49. The lowest BCUT2D eigenvalue weighted by Gasteiger charge is -2.12. The van der Waals surface area contributed by atoms with Gasteiger partial charge in [0.2, 0.25) is 10.0 Å². The molecule has 0 aliphatic carbocycles. The highest BCUT2D eigenvalue weighted by atomic mass is 35.5. The summed E-state index contributed by atoms with van der Waals surface area (Å²) in [6.45, 7) is 6.44. The van der Waals surface area contributed by atoms with Crippen molar-refractivity contribution in [3.05, 3.63) is 58.1 Å². The Bertz CT molecular complexity index is 803. The fraction of sp³-hybridized carbons (Fsp3) is 0.294. The van der Waals surface area contributed by atoms with Crippen LogP contribution in [-0.2, 0) is 10.0 Å². The highest BCUT2D eigenvalue weighted by Gasteiger charge is 2.16. The van der Waals surface area contributed by atoms with Gasteiger partial charge in [0.25, 0.3) is 0 Å². The van der Waals surface area contributed by atoms with Crippen LogP contribution in [0.4, 0.5) is 0 Å². The van der Waals surface area contributed by atoms with E-state index in [1.165, 1.54) is 11.6 Å². The molecule has 0 amide bonds. The Hall–Kier alpha value is -1.56. The van der Waals surface area contributed by atoms with E-state index in [-0.39, 0.29) is 23.1 Å². The number of nitrogens with one attached hydrogen (secondary N) is 1. The van der Waals surface area contributed by atoms with Crippen LogP contribution < -0.4 is 9.46 Å². The molecule has 6 heteroatoms. The molecule has 0 bridgehead atoms. The summed E-state index contributed by atoms with van der Waals surface area (Å²) in [5.41, 5.74) is 3.37. The van der Waals surface area contributed by atoms with Gasteiger partial charge >= 0.3 is 0 Å². The quantitative estimate of drug-likeness (QED) is 0.807. The number of rotatable bonds is 6. The van der Waals surface area contributed by atoms with Gasteiger partial charge in [0, 0.05) is 6.54 Å². The maximum absolute atomic E-state index is 12.2. The van der Waals surface area contributed by atoms with Gasteiger partial charge in [-0.05, 0) is 55.7 Å². The first-order valence-corrected chi connectivity index (χ1v) is 9.12. The van der Waals surface area contributed by atoms with E-state index in [4.69, 9.17) is 16.3 Å². The number of sulfonamides is 1. The Morgan fingerprint density at radius 2 is 1.70 bits per heavy atom. The fourth-order valence-corrected chi connectivity index (χ4v) is 3.70. The van der Waals surface area contributed by atoms with Gasteiger partial charge in [-0.25, -0.2) is 13.1 Å². The predicted octanol–water partition coefficient (Wildman–Crippen LogP) is 3.62. The van der Waals surface area contributed by atoms with Crippen LogP contribution in [0.5, 0.6) is 5.75 Å². The van der Waals surface area contributed by atoms with Crippen molar-refractivity contribution in [2.75, 3.05) is 13.2 Å².